The first-order valence-corrected chi connectivity index (χ1v) is 5.10. The lowest BCUT2D eigenvalue weighted by Gasteiger charge is -2.35. The molecule has 0 atom stereocenters. The fraction of sp³-hybridized carbons (Fsp3) is 0.900. The Morgan fingerprint density at radius 2 is 2.07 bits per heavy atom. The van der Waals surface area contributed by atoms with Gasteiger partial charge in [-0.05, 0) is 26.4 Å². The average molecular weight is 201 g/mol. The fourth-order valence-electron chi connectivity index (χ4n) is 1.83. The van der Waals surface area contributed by atoms with Gasteiger partial charge in [0.05, 0.1) is 5.41 Å². The first kappa shape index (κ1) is 11.5. The van der Waals surface area contributed by atoms with Crippen LogP contribution in [-0.4, -0.2) is 49.3 Å². The molecule has 1 aliphatic heterocycles. The maximum Gasteiger partial charge on any atom is 0.311 e. The molecule has 1 aliphatic rings. The molecule has 0 bridgehead atoms. The van der Waals surface area contributed by atoms with Crippen LogP contribution >= 0.6 is 0 Å². The van der Waals surface area contributed by atoms with E-state index in [9.17, 15) is 9.90 Å². The molecule has 0 amide bonds. The van der Waals surface area contributed by atoms with Gasteiger partial charge in [0, 0.05) is 19.8 Å². The second-order valence-electron chi connectivity index (χ2n) is 4.03. The molecule has 1 rings (SSSR count). The maximum absolute atomic E-state index is 11.2. The van der Waals surface area contributed by atoms with E-state index in [2.05, 4.69) is 4.90 Å². The minimum Gasteiger partial charge on any atom is -0.481 e. The number of hydrogen-bond acceptors (Lipinski definition) is 3. The van der Waals surface area contributed by atoms with E-state index in [1.54, 1.807) is 0 Å². The van der Waals surface area contributed by atoms with Gasteiger partial charge in [0.25, 0.3) is 0 Å². The molecule has 0 unspecified atom stereocenters. The van der Waals surface area contributed by atoms with Crippen LogP contribution in [0.5, 0.6) is 0 Å². The Bertz CT molecular complexity index is 200. The normalized spacial score (nSPS) is 21.1. The Morgan fingerprint density at radius 1 is 1.50 bits per heavy atom. The third kappa shape index (κ3) is 2.45. The molecule has 82 valence electrons. The van der Waals surface area contributed by atoms with Crippen molar-refractivity contribution in [3.63, 3.8) is 0 Å². The van der Waals surface area contributed by atoms with Crippen LogP contribution in [0, 0.1) is 5.41 Å². The summed E-state index contributed by atoms with van der Waals surface area (Å²) >= 11 is 0. The SMILES string of the molecule is CCN(C)CC1(C(=O)O)CCOCC1. The third-order valence-electron chi connectivity index (χ3n) is 3.02. The summed E-state index contributed by atoms with van der Waals surface area (Å²) in [6.07, 6.45) is 1.26. The molecule has 4 heteroatoms. The van der Waals surface area contributed by atoms with Crippen LogP contribution < -0.4 is 0 Å². The summed E-state index contributed by atoms with van der Waals surface area (Å²) < 4.78 is 5.21. The van der Waals surface area contributed by atoms with Crippen molar-refractivity contribution in [2.45, 2.75) is 19.8 Å². The van der Waals surface area contributed by atoms with Crippen molar-refractivity contribution in [3.8, 4) is 0 Å². The molecule has 0 aromatic carbocycles. The predicted molar refractivity (Wildman–Crippen MR) is 53.3 cm³/mol. The van der Waals surface area contributed by atoms with Gasteiger partial charge in [-0.15, -0.1) is 0 Å². The Morgan fingerprint density at radius 3 is 2.50 bits per heavy atom. The number of hydrogen-bond donors (Lipinski definition) is 1. The Balaban J connectivity index is 2.65. The largest absolute Gasteiger partial charge is 0.481 e. The zero-order chi connectivity index (χ0) is 10.6. The van der Waals surface area contributed by atoms with E-state index in [0.717, 1.165) is 6.54 Å². The second kappa shape index (κ2) is 4.75. The highest BCUT2D eigenvalue weighted by Gasteiger charge is 2.40. The van der Waals surface area contributed by atoms with Gasteiger partial charge in [-0.1, -0.05) is 6.92 Å². The summed E-state index contributed by atoms with van der Waals surface area (Å²) in [6, 6.07) is 0. The Kier molecular flexibility index (Phi) is 3.89. The number of nitrogens with zero attached hydrogens (tertiary/aromatic N) is 1. The predicted octanol–water partition coefficient (Wildman–Crippen LogP) is 0.819. The van der Waals surface area contributed by atoms with E-state index in [0.29, 0.717) is 32.6 Å². The minimum atomic E-state index is -0.680. The molecule has 0 aliphatic carbocycles. The maximum atomic E-state index is 11.2. The number of rotatable bonds is 4. The van der Waals surface area contributed by atoms with Crippen LogP contribution in [0.1, 0.15) is 19.8 Å². The van der Waals surface area contributed by atoms with Gasteiger partial charge < -0.3 is 14.7 Å². The summed E-state index contributed by atoms with van der Waals surface area (Å²) in [5, 5.41) is 9.25. The van der Waals surface area contributed by atoms with Crippen molar-refractivity contribution >= 4 is 5.97 Å². The van der Waals surface area contributed by atoms with Crippen LogP contribution in [0.15, 0.2) is 0 Å². The van der Waals surface area contributed by atoms with Gasteiger partial charge in [-0.3, -0.25) is 4.79 Å². The molecule has 1 fully saturated rings. The molecule has 1 saturated heterocycles. The monoisotopic (exact) mass is 201 g/mol. The topological polar surface area (TPSA) is 49.8 Å². The Labute approximate surface area is 84.8 Å². The van der Waals surface area contributed by atoms with Gasteiger partial charge in [0.1, 0.15) is 0 Å². The van der Waals surface area contributed by atoms with E-state index in [4.69, 9.17) is 4.74 Å². The molecule has 0 aromatic rings. The smallest absolute Gasteiger partial charge is 0.311 e. The lowest BCUT2D eigenvalue weighted by atomic mass is 9.80. The van der Waals surface area contributed by atoms with Crippen LogP contribution in [0.25, 0.3) is 0 Å². The molecule has 14 heavy (non-hydrogen) atoms. The summed E-state index contributed by atoms with van der Waals surface area (Å²) in [4.78, 5) is 13.3. The highest BCUT2D eigenvalue weighted by atomic mass is 16.5. The van der Waals surface area contributed by atoms with Crippen molar-refractivity contribution in [2.75, 3.05) is 33.4 Å². The standard InChI is InChI=1S/C10H19NO3/c1-3-11(2)8-10(9(12)13)4-6-14-7-5-10/h3-8H2,1-2H3,(H,12,13). The number of carboxylic acid groups (broad SMARTS) is 1. The number of carboxylic acids is 1. The molecule has 0 saturated carbocycles. The van der Waals surface area contributed by atoms with Crippen molar-refractivity contribution < 1.29 is 14.6 Å². The summed E-state index contributed by atoms with van der Waals surface area (Å²) in [5.41, 5.74) is -0.580. The van der Waals surface area contributed by atoms with E-state index in [1.165, 1.54) is 0 Å². The third-order valence-corrected chi connectivity index (χ3v) is 3.02. The van der Waals surface area contributed by atoms with Crippen molar-refractivity contribution in [2.24, 2.45) is 5.41 Å². The zero-order valence-electron chi connectivity index (χ0n) is 8.95. The summed E-state index contributed by atoms with van der Waals surface area (Å²) in [6.45, 7) is 4.70. The second-order valence-corrected chi connectivity index (χ2v) is 4.03. The molecule has 1 N–H and O–H groups in total. The fourth-order valence-corrected chi connectivity index (χ4v) is 1.83. The van der Waals surface area contributed by atoms with E-state index in [1.807, 2.05) is 14.0 Å². The quantitative estimate of drug-likeness (QED) is 0.731. The Hall–Kier alpha value is -0.610. The van der Waals surface area contributed by atoms with Crippen LogP contribution in [0.3, 0.4) is 0 Å². The molecular formula is C10H19NO3. The van der Waals surface area contributed by atoms with E-state index >= 15 is 0 Å². The lowest BCUT2D eigenvalue weighted by Crippen LogP contribution is -2.45. The lowest BCUT2D eigenvalue weighted by molar-refractivity contribution is -0.156. The molecule has 0 aromatic heterocycles. The summed E-state index contributed by atoms with van der Waals surface area (Å²) in [7, 11) is 1.96. The summed E-state index contributed by atoms with van der Waals surface area (Å²) in [5.74, 6) is -0.680. The number of carbonyl (C=O) groups is 1. The van der Waals surface area contributed by atoms with Gasteiger partial charge in [0.15, 0.2) is 0 Å². The average Bonchev–Trinajstić information content (AvgIpc) is 2.19. The van der Waals surface area contributed by atoms with Crippen molar-refractivity contribution in [1.82, 2.24) is 4.90 Å². The van der Waals surface area contributed by atoms with Gasteiger partial charge >= 0.3 is 5.97 Å². The number of ether oxygens (including phenoxy) is 1. The molecule has 4 nitrogen and oxygen atoms in total. The van der Waals surface area contributed by atoms with Crippen LogP contribution in [0.2, 0.25) is 0 Å². The first-order chi connectivity index (χ1) is 6.60. The molecule has 0 spiro atoms. The van der Waals surface area contributed by atoms with Gasteiger partial charge in [0.2, 0.25) is 0 Å². The van der Waals surface area contributed by atoms with Crippen molar-refractivity contribution in [3.05, 3.63) is 0 Å². The first-order valence-electron chi connectivity index (χ1n) is 5.10. The van der Waals surface area contributed by atoms with Gasteiger partial charge in [-0.2, -0.15) is 0 Å². The van der Waals surface area contributed by atoms with E-state index < -0.39 is 11.4 Å². The van der Waals surface area contributed by atoms with Crippen molar-refractivity contribution in [1.29, 1.82) is 0 Å². The number of aliphatic carboxylic acids is 1. The molecular weight excluding hydrogens is 182 g/mol. The highest BCUT2D eigenvalue weighted by Crippen LogP contribution is 2.31. The minimum absolute atomic E-state index is 0.573. The van der Waals surface area contributed by atoms with Crippen LogP contribution in [-0.2, 0) is 9.53 Å². The molecule has 1 heterocycles. The zero-order valence-corrected chi connectivity index (χ0v) is 8.95. The molecule has 0 radical (unpaired) electrons. The van der Waals surface area contributed by atoms with Gasteiger partial charge in [-0.25, -0.2) is 0 Å². The van der Waals surface area contributed by atoms with E-state index in [-0.39, 0.29) is 0 Å². The van der Waals surface area contributed by atoms with Crippen LogP contribution in [0.4, 0.5) is 0 Å². The highest BCUT2D eigenvalue weighted by molar-refractivity contribution is 5.75.